The van der Waals surface area contributed by atoms with Crippen molar-refractivity contribution in [1.82, 2.24) is 15.6 Å². The van der Waals surface area contributed by atoms with Crippen LogP contribution in [0.15, 0.2) is 53.5 Å². The summed E-state index contributed by atoms with van der Waals surface area (Å²) >= 11 is 0. The molecule has 2 atom stereocenters. The molecular weight excluding hydrogens is 536 g/mol. The first-order valence-corrected chi connectivity index (χ1v) is 13.9. The third-order valence-electron chi connectivity index (χ3n) is 7.35. The van der Waals surface area contributed by atoms with Crippen LogP contribution in [-0.4, -0.2) is 44.2 Å². The van der Waals surface area contributed by atoms with E-state index >= 15 is 0 Å². The average molecular weight is 575 g/mol. The number of anilines is 1. The molecule has 0 spiro atoms. The smallest absolute Gasteiger partial charge is 0.243 e. The lowest BCUT2D eigenvalue weighted by atomic mass is 9.95. The summed E-state index contributed by atoms with van der Waals surface area (Å²) < 4.78 is 17.1. The van der Waals surface area contributed by atoms with E-state index in [9.17, 15) is 14.4 Å². The summed E-state index contributed by atoms with van der Waals surface area (Å²) in [6.45, 7) is 5.55. The number of hydrogen-bond acceptors (Lipinski definition) is 8. The maximum absolute atomic E-state index is 13.7. The fraction of sp³-hybridized carbons (Fsp3) is 0.375. The van der Waals surface area contributed by atoms with E-state index in [2.05, 4.69) is 20.9 Å². The van der Waals surface area contributed by atoms with Gasteiger partial charge in [0.1, 0.15) is 6.04 Å². The molecule has 1 aliphatic rings. The number of nitrogens with zero attached hydrogens (tertiary/aromatic N) is 1. The molecule has 2 aromatic carbocycles. The van der Waals surface area contributed by atoms with E-state index in [1.807, 2.05) is 44.2 Å². The zero-order valence-electron chi connectivity index (χ0n) is 24.9. The minimum atomic E-state index is -0.680. The number of aryl methyl sites for hydroxylation is 1. The Kier molecular flexibility index (Phi) is 9.67. The molecule has 0 unspecified atom stereocenters. The Morgan fingerprint density at radius 3 is 2.40 bits per heavy atom. The molecule has 1 aliphatic carbocycles. The molecule has 0 saturated heterocycles. The molecule has 222 valence electrons. The van der Waals surface area contributed by atoms with Gasteiger partial charge in [0, 0.05) is 18.7 Å². The summed E-state index contributed by atoms with van der Waals surface area (Å²) in [6.07, 6.45) is 2.82. The van der Waals surface area contributed by atoms with Gasteiger partial charge in [0.25, 0.3) is 0 Å². The lowest BCUT2D eigenvalue weighted by Gasteiger charge is -2.22. The first kappa shape index (κ1) is 30.4. The van der Waals surface area contributed by atoms with Crippen molar-refractivity contribution in [3.8, 4) is 28.4 Å². The normalized spacial score (nSPS) is 14.5. The molecular formula is C32H38N4O6. The van der Waals surface area contributed by atoms with Crippen LogP contribution in [0.2, 0.25) is 0 Å². The number of hydrogen-bond donors (Lipinski definition) is 3. The molecule has 42 heavy (non-hydrogen) atoms. The highest BCUT2D eigenvalue weighted by Crippen LogP contribution is 2.50. The Labute approximate surface area is 245 Å². The summed E-state index contributed by atoms with van der Waals surface area (Å²) in [7, 11) is 4.66. The molecule has 0 radical (unpaired) electrons. The van der Waals surface area contributed by atoms with E-state index in [0.29, 0.717) is 41.2 Å². The standard InChI is InChI=1S/C32H38N4O6/c1-18(2)29(32(39)34-17-21-9-7-8-14-33-21)36-25-13-11-22-23(16-26(25)38)24(35-19(3)37)12-10-20-15-27(40-4)30(41-5)31(42-6)28(20)22/h7-9,11,13-16,18,24,29H,10,12,17H2,1-6H3,(H,34,39)(H,35,37)(H,36,38)/t24-,29-/m0/s1. The third-order valence-corrected chi connectivity index (χ3v) is 7.35. The van der Waals surface area contributed by atoms with Gasteiger partial charge in [0.15, 0.2) is 11.5 Å². The largest absolute Gasteiger partial charge is 0.493 e. The second-order valence-corrected chi connectivity index (χ2v) is 10.5. The van der Waals surface area contributed by atoms with Crippen molar-refractivity contribution in [3.63, 3.8) is 0 Å². The van der Waals surface area contributed by atoms with Gasteiger partial charge in [-0.1, -0.05) is 26.0 Å². The van der Waals surface area contributed by atoms with Gasteiger partial charge in [-0.3, -0.25) is 19.4 Å². The highest BCUT2D eigenvalue weighted by atomic mass is 16.5. The van der Waals surface area contributed by atoms with Crippen LogP contribution in [0.4, 0.5) is 5.69 Å². The zero-order valence-corrected chi connectivity index (χ0v) is 24.9. The number of carbonyl (C=O) groups is 2. The number of fused-ring (bicyclic) bond motifs is 3. The van der Waals surface area contributed by atoms with Crippen molar-refractivity contribution in [2.75, 3.05) is 26.6 Å². The van der Waals surface area contributed by atoms with Crippen LogP contribution in [0.5, 0.6) is 17.2 Å². The predicted octanol–water partition coefficient (Wildman–Crippen LogP) is 4.01. The number of carbonyl (C=O) groups excluding carboxylic acids is 2. The minimum Gasteiger partial charge on any atom is -0.493 e. The van der Waals surface area contributed by atoms with Gasteiger partial charge in [0.05, 0.1) is 45.3 Å². The van der Waals surface area contributed by atoms with Crippen LogP contribution >= 0.6 is 0 Å². The Morgan fingerprint density at radius 1 is 1.02 bits per heavy atom. The number of benzene rings is 1. The summed E-state index contributed by atoms with van der Waals surface area (Å²) in [6, 6.07) is 11.3. The number of pyridine rings is 1. The fourth-order valence-corrected chi connectivity index (χ4v) is 5.32. The van der Waals surface area contributed by atoms with Crippen LogP contribution < -0.4 is 35.6 Å². The maximum Gasteiger partial charge on any atom is 0.243 e. The number of ether oxygens (including phenoxy) is 3. The first-order valence-electron chi connectivity index (χ1n) is 13.9. The Morgan fingerprint density at radius 2 is 1.79 bits per heavy atom. The molecule has 0 fully saturated rings. The van der Waals surface area contributed by atoms with Crippen molar-refractivity contribution in [3.05, 3.63) is 75.7 Å². The Hall–Kier alpha value is -4.60. The topological polar surface area (TPSA) is 128 Å². The number of methoxy groups -OCH3 is 3. The number of nitrogens with one attached hydrogen (secondary N) is 3. The van der Waals surface area contributed by atoms with Gasteiger partial charge in [0.2, 0.25) is 23.0 Å². The molecule has 3 aromatic rings. The monoisotopic (exact) mass is 574 g/mol. The number of amides is 2. The zero-order chi connectivity index (χ0) is 30.4. The quantitative estimate of drug-likeness (QED) is 0.332. The lowest BCUT2D eigenvalue weighted by Crippen LogP contribution is -2.43. The molecule has 0 bridgehead atoms. The van der Waals surface area contributed by atoms with E-state index in [0.717, 1.165) is 16.8 Å². The van der Waals surface area contributed by atoms with Crippen LogP contribution in [-0.2, 0) is 22.6 Å². The van der Waals surface area contributed by atoms with Crippen molar-refractivity contribution in [2.45, 2.75) is 52.2 Å². The van der Waals surface area contributed by atoms with Crippen molar-refractivity contribution < 1.29 is 23.8 Å². The molecule has 1 aromatic heterocycles. The number of aromatic nitrogens is 1. The summed E-state index contributed by atoms with van der Waals surface area (Å²) in [5.41, 5.74) is 3.73. The van der Waals surface area contributed by atoms with E-state index < -0.39 is 12.1 Å². The second kappa shape index (κ2) is 13.4. The Balaban J connectivity index is 1.81. The molecule has 4 rings (SSSR count). The van der Waals surface area contributed by atoms with E-state index in [-0.39, 0.29) is 35.4 Å². The van der Waals surface area contributed by atoms with Gasteiger partial charge in [-0.05, 0) is 65.8 Å². The second-order valence-electron chi connectivity index (χ2n) is 10.5. The summed E-state index contributed by atoms with van der Waals surface area (Å²) in [5, 5.41) is 9.10. The van der Waals surface area contributed by atoms with Gasteiger partial charge in [-0.2, -0.15) is 0 Å². The number of rotatable bonds is 10. The van der Waals surface area contributed by atoms with Gasteiger partial charge >= 0.3 is 0 Å². The molecule has 1 heterocycles. The van der Waals surface area contributed by atoms with Crippen molar-refractivity contribution in [2.24, 2.45) is 5.92 Å². The van der Waals surface area contributed by atoms with Crippen molar-refractivity contribution in [1.29, 1.82) is 0 Å². The van der Waals surface area contributed by atoms with E-state index in [4.69, 9.17) is 14.2 Å². The molecule has 2 amide bonds. The van der Waals surface area contributed by atoms with Gasteiger partial charge in [-0.15, -0.1) is 0 Å². The van der Waals surface area contributed by atoms with Crippen LogP contribution in [0.1, 0.15) is 50.1 Å². The molecule has 3 N–H and O–H groups in total. The van der Waals surface area contributed by atoms with Gasteiger partial charge in [-0.25, -0.2) is 0 Å². The Bertz CT molecular complexity index is 1510. The third kappa shape index (κ3) is 6.48. The minimum absolute atomic E-state index is 0.124. The fourth-order valence-electron chi connectivity index (χ4n) is 5.32. The summed E-state index contributed by atoms with van der Waals surface area (Å²) in [5.74, 6) is 0.847. The highest BCUT2D eigenvalue weighted by molar-refractivity contribution is 5.86. The SMILES string of the molecule is COc1cc2c(c(OC)c1OC)-c1ccc(N[C@H](C(=O)NCc3ccccn3)C(C)C)c(=O)cc1[C@@H](NC(C)=O)CC2. The van der Waals surface area contributed by atoms with Crippen LogP contribution in [0.25, 0.3) is 11.1 Å². The molecule has 0 saturated carbocycles. The molecule has 0 aliphatic heterocycles. The van der Waals surface area contributed by atoms with Crippen LogP contribution in [0, 0.1) is 5.92 Å². The average Bonchev–Trinajstić information content (AvgIpc) is 3.22. The molecule has 10 nitrogen and oxygen atoms in total. The summed E-state index contributed by atoms with van der Waals surface area (Å²) in [4.78, 5) is 43.4. The van der Waals surface area contributed by atoms with Gasteiger partial charge < -0.3 is 30.2 Å². The highest BCUT2D eigenvalue weighted by Gasteiger charge is 2.30. The van der Waals surface area contributed by atoms with E-state index in [1.54, 1.807) is 26.5 Å². The maximum atomic E-state index is 13.7. The predicted molar refractivity (Wildman–Crippen MR) is 161 cm³/mol. The first-order chi connectivity index (χ1) is 20.2. The van der Waals surface area contributed by atoms with Crippen LogP contribution in [0.3, 0.4) is 0 Å². The van der Waals surface area contributed by atoms with E-state index in [1.165, 1.54) is 20.1 Å². The van der Waals surface area contributed by atoms with Crippen molar-refractivity contribution >= 4 is 17.5 Å². The lowest BCUT2D eigenvalue weighted by molar-refractivity contribution is -0.123. The molecule has 10 heteroatoms.